The fourth-order valence-electron chi connectivity index (χ4n) is 6.04. The Hall–Kier alpha value is -3.54. The van der Waals surface area contributed by atoms with Crippen molar-refractivity contribution in [1.29, 1.82) is 0 Å². The molecule has 1 amide bonds. The van der Waals surface area contributed by atoms with Crippen molar-refractivity contribution in [2.24, 2.45) is 0 Å². The van der Waals surface area contributed by atoms with E-state index in [0.29, 0.717) is 35.3 Å². The molecule has 0 unspecified atom stereocenters. The number of benzene rings is 3. The monoisotopic (exact) mass is 685 g/mol. The third-order valence-corrected chi connectivity index (χ3v) is 9.68. The Bertz CT molecular complexity index is 1830. The number of rotatable bonds is 9. The van der Waals surface area contributed by atoms with E-state index in [1.807, 2.05) is 41.3 Å². The maximum atomic E-state index is 14.4. The summed E-state index contributed by atoms with van der Waals surface area (Å²) in [4.78, 5) is 20.4. The van der Waals surface area contributed by atoms with Crippen LogP contribution in [0.5, 0.6) is 5.75 Å². The van der Waals surface area contributed by atoms with Crippen LogP contribution in [0.25, 0.3) is 17.0 Å². The van der Waals surface area contributed by atoms with Crippen LogP contribution in [0.3, 0.4) is 0 Å². The molecule has 46 heavy (non-hydrogen) atoms. The molecule has 1 aliphatic carbocycles. The van der Waals surface area contributed by atoms with Gasteiger partial charge in [-0.1, -0.05) is 64.2 Å². The van der Waals surface area contributed by atoms with E-state index in [1.54, 1.807) is 6.07 Å². The molecule has 2 aliphatic heterocycles. The van der Waals surface area contributed by atoms with Gasteiger partial charge in [0.05, 0.1) is 26.7 Å². The molecule has 3 aliphatic rings. The number of nitrogens with zero attached hydrogens (tertiary/aromatic N) is 3. The van der Waals surface area contributed by atoms with Gasteiger partial charge in [-0.25, -0.2) is 8.78 Å². The van der Waals surface area contributed by atoms with Crippen molar-refractivity contribution in [3.8, 4) is 17.2 Å². The lowest BCUT2D eigenvalue weighted by Gasteiger charge is -2.41. The highest BCUT2D eigenvalue weighted by molar-refractivity contribution is 6.42. The molecule has 0 spiro atoms. The van der Waals surface area contributed by atoms with E-state index in [1.165, 1.54) is 0 Å². The van der Waals surface area contributed by atoms with Gasteiger partial charge in [0.15, 0.2) is 6.61 Å². The van der Waals surface area contributed by atoms with Gasteiger partial charge in [-0.15, -0.1) is 0 Å². The molecule has 0 radical (unpaired) electrons. The van der Waals surface area contributed by atoms with Gasteiger partial charge in [-0.2, -0.15) is 4.98 Å². The molecule has 2 N–H and O–H groups in total. The Labute approximate surface area is 278 Å². The minimum Gasteiger partial charge on any atom is -0.485 e. The molecule has 2 bridgehead atoms. The standard InChI is InChI=1S/C33H28Cl3F2N5O3/c34-23-3-1-2-18(30(23)35)15-43(20-6-7-20)33(44)28-22(12-19-13-39-14-26(28)40-19)17-4-8-21(9-5-17)45-16-27-41-32(46-42-27)29-24(37)10-11-25(38)31(29)36/h1-5,8-11,19-20,26,39-40H,6-7,12-16H2/t19-,26-/m1/s1. The quantitative estimate of drug-likeness (QED) is 0.187. The number of hydrogen-bond acceptors (Lipinski definition) is 7. The molecular weight excluding hydrogens is 659 g/mol. The highest BCUT2D eigenvalue weighted by Gasteiger charge is 2.41. The van der Waals surface area contributed by atoms with Crippen LogP contribution < -0.4 is 15.4 Å². The van der Waals surface area contributed by atoms with Gasteiger partial charge in [0.1, 0.15) is 17.4 Å². The van der Waals surface area contributed by atoms with Crippen molar-refractivity contribution < 1.29 is 22.8 Å². The number of ether oxygens (including phenoxy) is 1. The normalized spacial score (nSPS) is 19.3. The zero-order valence-corrected chi connectivity index (χ0v) is 26.6. The Morgan fingerprint density at radius 1 is 1.00 bits per heavy atom. The third kappa shape index (κ3) is 6.24. The molecule has 1 saturated carbocycles. The smallest absolute Gasteiger partial charge is 0.262 e. The van der Waals surface area contributed by atoms with Gasteiger partial charge < -0.3 is 24.8 Å². The number of carbonyl (C=O) groups is 1. The molecule has 8 nitrogen and oxygen atoms in total. The average molecular weight is 687 g/mol. The third-order valence-electron chi connectivity index (χ3n) is 8.45. The van der Waals surface area contributed by atoms with Gasteiger partial charge >= 0.3 is 0 Å². The largest absolute Gasteiger partial charge is 0.485 e. The predicted octanol–water partition coefficient (Wildman–Crippen LogP) is 6.83. The maximum absolute atomic E-state index is 14.4. The Kier molecular flexibility index (Phi) is 8.73. The average Bonchev–Trinajstić information content (AvgIpc) is 3.80. The molecule has 1 saturated heterocycles. The van der Waals surface area contributed by atoms with Gasteiger partial charge in [0, 0.05) is 37.3 Å². The van der Waals surface area contributed by atoms with Crippen LogP contribution in [-0.2, 0) is 17.9 Å². The Morgan fingerprint density at radius 2 is 1.78 bits per heavy atom. The highest BCUT2D eigenvalue weighted by atomic mass is 35.5. The van der Waals surface area contributed by atoms with E-state index in [9.17, 15) is 13.6 Å². The van der Waals surface area contributed by atoms with Gasteiger partial charge in [0.2, 0.25) is 5.82 Å². The molecule has 238 valence electrons. The Balaban J connectivity index is 1.12. The summed E-state index contributed by atoms with van der Waals surface area (Å²) < 4.78 is 39.1. The van der Waals surface area contributed by atoms with Crippen molar-refractivity contribution in [3.05, 3.63) is 104 Å². The Morgan fingerprint density at radius 3 is 2.57 bits per heavy atom. The molecule has 1 aromatic heterocycles. The van der Waals surface area contributed by atoms with Crippen molar-refractivity contribution in [1.82, 2.24) is 25.7 Å². The molecule has 4 aromatic rings. The molecule has 7 rings (SSSR count). The van der Waals surface area contributed by atoms with E-state index in [0.717, 1.165) is 53.8 Å². The van der Waals surface area contributed by atoms with Crippen molar-refractivity contribution >= 4 is 46.3 Å². The topological polar surface area (TPSA) is 92.5 Å². The highest BCUT2D eigenvalue weighted by Crippen LogP contribution is 2.38. The number of nitrogens with one attached hydrogen (secondary N) is 2. The first-order valence-electron chi connectivity index (χ1n) is 14.9. The lowest BCUT2D eigenvalue weighted by Crippen LogP contribution is -2.60. The van der Waals surface area contributed by atoms with Crippen LogP contribution in [0.2, 0.25) is 15.1 Å². The van der Waals surface area contributed by atoms with E-state index in [-0.39, 0.29) is 47.9 Å². The first kappa shape index (κ1) is 31.1. The first-order chi connectivity index (χ1) is 22.3. The molecular formula is C33H28Cl3F2N5O3. The number of hydrogen-bond donors (Lipinski definition) is 2. The summed E-state index contributed by atoms with van der Waals surface area (Å²) in [5.41, 5.74) is 3.21. The predicted molar refractivity (Wildman–Crippen MR) is 171 cm³/mol. The van der Waals surface area contributed by atoms with Crippen LogP contribution in [0, 0.1) is 11.6 Å². The van der Waals surface area contributed by atoms with Crippen LogP contribution in [0.1, 0.15) is 36.2 Å². The van der Waals surface area contributed by atoms with E-state index < -0.39 is 16.7 Å². The zero-order valence-electron chi connectivity index (χ0n) is 24.3. The fourth-order valence-corrected chi connectivity index (χ4v) is 6.65. The second-order valence-electron chi connectivity index (χ2n) is 11.6. The minimum atomic E-state index is -0.798. The summed E-state index contributed by atoms with van der Waals surface area (Å²) in [5.74, 6) is -1.16. The van der Waals surface area contributed by atoms with Crippen LogP contribution in [-0.4, -0.2) is 52.2 Å². The molecule has 3 heterocycles. The summed E-state index contributed by atoms with van der Waals surface area (Å²) in [7, 11) is 0. The van der Waals surface area contributed by atoms with Gasteiger partial charge in [-0.05, 0) is 66.3 Å². The lowest BCUT2D eigenvalue weighted by molar-refractivity contribution is -0.128. The number of amides is 1. The zero-order chi connectivity index (χ0) is 31.9. The SMILES string of the molecule is O=C(C1=C(c2ccc(OCc3noc(-c4c(F)ccc(F)c4Cl)n3)cc2)C[C@@H]2CNC[C@H]1N2)N(Cc1cccc(Cl)c1Cl)C1CC1. The summed E-state index contributed by atoms with van der Waals surface area (Å²) in [6.07, 6.45) is 2.58. The molecule has 13 heteroatoms. The number of piperazine rings is 1. The number of fused-ring (bicyclic) bond motifs is 2. The number of carbonyl (C=O) groups excluding carboxylic acids is 1. The summed E-state index contributed by atoms with van der Waals surface area (Å²) in [6.45, 7) is 1.76. The van der Waals surface area contributed by atoms with Crippen molar-refractivity contribution in [2.75, 3.05) is 13.1 Å². The lowest BCUT2D eigenvalue weighted by atomic mass is 9.83. The van der Waals surface area contributed by atoms with Crippen LogP contribution in [0.15, 0.2) is 64.7 Å². The molecule has 2 fully saturated rings. The minimum absolute atomic E-state index is 0.00346. The molecule has 3 aromatic carbocycles. The van der Waals surface area contributed by atoms with Gasteiger partial charge in [0.25, 0.3) is 11.8 Å². The van der Waals surface area contributed by atoms with Crippen LogP contribution in [0.4, 0.5) is 8.78 Å². The summed E-state index contributed by atoms with van der Waals surface area (Å²) in [5, 5.41) is 11.4. The van der Waals surface area contributed by atoms with Crippen LogP contribution >= 0.6 is 34.8 Å². The second kappa shape index (κ2) is 12.9. The van der Waals surface area contributed by atoms with E-state index >= 15 is 0 Å². The van der Waals surface area contributed by atoms with Crippen molar-refractivity contribution in [3.63, 3.8) is 0 Å². The fraction of sp³-hybridized carbons (Fsp3) is 0.303. The molecule has 2 atom stereocenters. The second-order valence-corrected chi connectivity index (χ2v) is 12.8. The summed E-state index contributed by atoms with van der Waals surface area (Å²) in [6, 6.07) is 15.1. The van der Waals surface area contributed by atoms with E-state index in [2.05, 4.69) is 20.8 Å². The van der Waals surface area contributed by atoms with E-state index in [4.69, 9.17) is 44.1 Å². The van der Waals surface area contributed by atoms with Crippen molar-refractivity contribution in [2.45, 2.75) is 50.5 Å². The number of halogens is 5. The number of aromatic nitrogens is 2. The maximum Gasteiger partial charge on any atom is 0.262 e. The first-order valence-corrected chi connectivity index (χ1v) is 16.0. The summed E-state index contributed by atoms with van der Waals surface area (Å²) >= 11 is 18.7. The van der Waals surface area contributed by atoms with Gasteiger partial charge in [-0.3, -0.25) is 4.79 Å².